The van der Waals surface area contributed by atoms with Gasteiger partial charge in [-0.3, -0.25) is 28.8 Å². The number of thiazole rings is 1. The van der Waals surface area contributed by atoms with Gasteiger partial charge in [0.15, 0.2) is 5.82 Å². The van der Waals surface area contributed by atoms with Crippen LogP contribution in [0.25, 0.3) is 20.5 Å². The highest BCUT2D eigenvalue weighted by Crippen LogP contribution is 2.31. The zero-order valence-corrected chi connectivity index (χ0v) is 39.1. The summed E-state index contributed by atoms with van der Waals surface area (Å²) < 4.78 is 0.985. The molecule has 6 aromatic rings. The average molecular weight is 931 g/mol. The molecule has 17 heteroatoms. The lowest BCUT2D eigenvalue weighted by Crippen LogP contribution is -2.57. The molecular formula is C49H54N8O7S2. The standard InChI is InChI=1S/C48H52N8O5S2.CH2O2/c1-29-12-6-8-14-36(29)53-43-37(54-45(59)35-27-62-39-16-9-7-13-34(35)39)24-33(26-50-43)44(58)49-22-10-17-40(57)55-42(48(3,4)5)47(61)56-23-11-15-38(56)46(60)51-25-31-18-20-32(21-19-31)41-30(2)52-28-63-41;2-1-3/h6-9,12-14,16,18-21,24,26-28,38,42H,10-11,15,17,22-23,25H2,1-5H3,(H,49,58)(H,50,53)(H,51,60)(H,54,59)(H,55,57);1H,(H,2,3). The van der Waals surface area contributed by atoms with Crippen LogP contribution in [0.15, 0.2) is 96.0 Å². The number of nitrogens with zero attached hydrogens (tertiary/aromatic N) is 3. The molecule has 1 fully saturated rings. The van der Waals surface area contributed by atoms with Crippen molar-refractivity contribution in [3.05, 3.63) is 124 Å². The Kier molecular flexibility index (Phi) is 16.4. The number of aromatic nitrogens is 2. The molecule has 5 amide bonds. The van der Waals surface area contributed by atoms with Crippen LogP contribution in [0.1, 0.15) is 84.0 Å². The molecule has 6 N–H and O–H groups in total. The highest BCUT2D eigenvalue weighted by atomic mass is 32.1. The summed E-state index contributed by atoms with van der Waals surface area (Å²) in [6, 6.07) is 23.4. The van der Waals surface area contributed by atoms with Crippen LogP contribution in [-0.2, 0) is 25.7 Å². The fraction of sp³-hybridized carbons (Fsp3) is 0.306. The predicted molar refractivity (Wildman–Crippen MR) is 259 cm³/mol. The third kappa shape index (κ3) is 12.2. The fourth-order valence-corrected chi connectivity index (χ4v) is 9.28. The molecule has 3 aromatic carbocycles. The zero-order valence-electron chi connectivity index (χ0n) is 37.5. The number of anilines is 3. The Morgan fingerprint density at radius 1 is 0.909 bits per heavy atom. The summed E-state index contributed by atoms with van der Waals surface area (Å²) in [6.45, 7) is 10.3. The molecule has 0 aliphatic carbocycles. The molecule has 15 nitrogen and oxygen atoms in total. The Labute approximate surface area is 391 Å². The number of thiophene rings is 1. The van der Waals surface area contributed by atoms with Crippen molar-refractivity contribution in [3.63, 3.8) is 0 Å². The van der Waals surface area contributed by atoms with E-state index in [1.165, 1.54) is 17.5 Å². The molecule has 3 aromatic heterocycles. The summed E-state index contributed by atoms with van der Waals surface area (Å²) in [4.78, 5) is 87.8. The highest BCUT2D eigenvalue weighted by Gasteiger charge is 2.41. The van der Waals surface area contributed by atoms with Crippen LogP contribution in [0, 0.1) is 19.3 Å². The minimum Gasteiger partial charge on any atom is -0.483 e. The number of nitrogens with one attached hydrogen (secondary N) is 5. The van der Waals surface area contributed by atoms with Gasteiger partial charge in [0.05, 0.1) is 32.9 Å². The second-order valence-corrected chi connectivity index (χ2v) is 18.6. The van der Waals surface area contributed by atoms with Crippen LogP contribution in [0.4, 0.5) is 17.2 Å². The van der Waals surface area contributed by atoms with Gasteiger partial charge in [-0.2, -0.15) is 0 Å². The van der Waals surface area contributed by atoms with Gasteiger partial charge in [-0.05, 0) is 73.4 Å². The number of benzene rings is 3. The van der Waals surface area contributed by atoms with E-state index in [2.05, 4.69) is 36.6 Å². The summed E-state index contributed by atoms with van der Waals surface area (Å²) in [5, 5.41) is 24.6. The molecule has 1 aliphatic heterocycles. The lowest BCUT2D eigenvalue weighted by Gasteiger charge is -2.35. The van der Waals surface area contributed by atoms with Gasteiger partial charge < -0.3 is 36.6 Å². The van der Waals surface area contributed by atoms with Crippen LogP contribution in [0.5, 0.6) is 0 Å². The minimum atomic E-state index is -0.866. The quantitative estimate of drug-likeness (QED) is 0.0431. The molecule has 66 heavy (non-hydrogen) atoms. The van der Waals surface area contributed by atoms with Crippen molar-refractivity contribution in [1.29, 1.82) is 0 Å². The Bertz CT molecular complexity index is 2690. The van der Waals surface area contributed by atoms with Gasteiger partial charge in [0.25, 0.3) is 18.3 Å². The van der Waals surface area contributed by atoms with Gasteiger partial charge >= 0.3 is 0 Å². The summed E-state index contributed by atoms with van der Waals surface area (Å²) in [7, 11) is 0. The first-order valence-electron chi connectivity index (χ1n) is 21.5. The molecule has 0 spiro atoms. The average Bonchev–Trinajstić information content (AvgIpc) is 4.08. The van der Waals surface area contributed by atoms with Gasteiger partial charge in [0.1, 0.15) is 12.1 Å². The number of likely N-dealkylation sites (tertiary alicyclic amines) is 1. The largest absolute Gasteiger partial charge is 0.483 e. The molecule has 2 unspecified atom stereocenters. The van der Waals surface area contributed by atoms with Crippen molar-refractivity contribution in [3.8, 4) is 10.4 Å². The van der Waals surface area contributed by atoms with E-state index in [0.29, 0.717) is 49.4 Å². The molecular weight excluding hydrogens is 877 g/mol. The van der Waals surface area contributed by atoms with Crippen LogP contribution in [0.2, 0.25) is 0 Å². The second kappa shape index (κ2) is 22.3. The van der Waals surface area contributed by atoms with E-state index in [1.807, 2.05) is 118 Å². The molecule has 344 valence electrons. The van der Waals surface area contributed by atoms with E-state index in [9.17, 15) is 24.0 Å². The van der Waals surface area contributed by atoms with Crippen molar-refractivity contribution < 1.29 is 33.9 Å². The Morgan fingerprint density at radius 3 is 2.35 bits per heavy atom. The van der Waals surface area contributed by atoms with Gasteiger partial charge in [-0.1, -0.05) is 81.4 Å². The number of para-hydroxylation sites is 1. The van der Waals surface area contributed by atoms with E-state index in [0.717, 1.165) is 43.0 Å². The third-order valence-electron chi connectivity index (χ3n) is 11.1. The third-order valence-corrected chi connectivity index (χ3v) is 13.0. The van der Waals surface area contributed by atoms with Crippen LogP contribution in [0.3, 0.4) is 0 Å². The number of hydrogen-bond acceptors (Lipinski definition) is 11. The smallest absolute Gasteiger partial charge is 0.290 e. The maximum Gasteiger partial charge on any atom is 0.290 e. The molecule has 0 bridgehead atoms. The molecule has 1 saturated heterocycles. The molecule has 0 radical (unpaired) electrons. The van der Waals surface area contributed by atoms with Gasteiger partial charge in [-0.25, -0.2) is 9.97 Å². The van der Waals surface area contributed by atoms with E-state index >= 15 is 0 Å². The van der Waals surface area contributed by atoms with Crippen LogP contribution >= 0.6 is 22.7 Å². The van der Waals surface area contributed by atoms with Gasteiger partial charge in [0.2, 0.25) is 17.7 Å². The van der Waals surface area contributed by atoms with E-state index in [1.54, 1.807) is 22.3 Å². The van der Waals surface area contributed by atoms with Crippen molar-refractivity contribution in [2.45, 2.75) is 78.9 Å². The van der Waals surface area contributed by atoms with Gasteiger partial charge in [-0.15, -0.1) is 22.7 Å². The topological polar surface area (TPSA) is 212 Å². The number of carbonyl (C=O) groups excluding carboxylic acids is 5. The maximum atomic E-state index is 14.1. The highest BCUT2D eigenvalue weighted by molar-refractivity contribution is 7.17. The number of rotatable bonds is 15. The Morgan fingerprint density at radius 2 is 1.64 bits per heavy atom. The van der Waals surface area contributed by atoms with E-state index in [4.69, 9.17) is 9.90 Å². The predicted octanol–water partition coefficient (Wildman–Crippen LogP) is 8.08. The fourth-order valence-electron chi connectivity index (χ4n) is 7.53. The minimum absolute atomic E-state index is 0.0544. The number of carboxylic acid groups (broad SMARTS) is 1. The number of aryl methyl sites for hydroxylation is 2. The number of fused-ring (bicyclic) bond motifs is 1. The van der Waals surface area contributed by atoms with E-state index in [-0.39, 0.29) is 48.6 Å². The lowest BCUT2D eigenvalue weighted by molar-refractivity contribution is -0.143. The lowest BCUT2D eigenvalue weighted by atomic mass is 9.85. The first-order chi connectivity index (χ1) is 31.7. The molecule has 1 aliphatic rings. The molecule has 0 saturated carbocycles. The zero-order chi connectivity index (χ0) is 47.4. The first-order valence-corrected chi connectivity index (χ1v) is 23.3. The maximum absolute atomic E-state index is 14.1. The van der Waals surface area contributed by atoms with E-state index < -0.39 is 23.4 Å². The van der Waals surface area contributed by atoms with Crippen molar-refractivity contribution in [2.75, 3.05) is 23.7 Å². The Balaban J connectivity index is 0.00000234. The number of carbonyl (C=O) groups is 6. The van der Waals surface area contributed by atoms with Crippen LogP contribution in [-0.4, -0.2) is 81.2 Å². The van der Waals surface area contributed by atoms with Crippen molar-refractivity contribution >= 4 is 86.0 Å². The summed E-state index contributed by atoms with van der Waals surface area (Å²) in [5.74, 6) is -1.25. The van der Waals surface area contributed by atoms with Crippen molar-refractivity contribution in [2.24, 2.45) is 5.41 Å². The molecule has 4 heterocycles. The summed E-state index contributed by atoms with van der Waals surface area (Å²) in [5.41, 5.74) is 7.03. The first kappa shape index (κ1) is 48.5. The monoisotopic (exact) mass is 930 g/mol. The second-order valence-electron chi connectivity index (χ2n) is 16.9. The Hall–Kier alpha value is -6.98. The number of amides is 5. The van der Waals surface area contributed by atoms with Crippen molar-refractivity contribution in [1.82, 2.24) is 30.8 Å². The molecule has 7 rings (SSSR count). The number of hydrogen-bond donors (Lipinski definition) is 6. The SMILES string of the molecule is Cc1ccccc1Nc1ncc(C(=O)NCCCC(=O)NC(C(=O)N2CCCC2C(=O)NCc2ccc(-c3scnc3C)cc2)C(C)(C)C)cc1NC(=O)c1csc2ccccc12.O=CO. The van der Waals surface area contributed by atoms with Crippen LogP contribution < -0.4 is 26.6 Å². The van der Waals surface area contributed by atoms with Gasteiger partial charge in [0, 0.05) is 53.4 Å². The summed E-state index contributed by atoms with van der Waals surface area (Å²) in [6.07, 6.45) is 3.01. The summed E-state index contributed by atoms with van der Waals surface area (Å²) >= 11 is 3.06. The molecule has 2 atom stereocenters. The normalized spacial score (nSPS) is 13.8. The number of pyridine rings is 1.